The van der Waals surface area contributed by atoms with E-state index in [1.54, 1.807) is 25.3 Å². The molecule has 2 N–H and O–H groups in total. The molecule has 0 radical (unpaired) electrons. The highest BCUT2D eigenvalue weighted by Crippen LogP contribution is 2.34. The number of ether oxygens (including phenoxy) is 2. The highest BCUT2D eigenvalue weighted by Gasteiger charge is 2.20. The number of fused-ring (bicyclic) bond motifs is 1. The van der Waals surface area contributed by atoms with Crippen LogP contribution >= 0.6 is 11.6 Å². The lowest BCUT2D eigenvalue weighted by Gasteiger charge is -2.17. The van der Waals surface area contributed by atoms with Gasteiger partial charge in [-0.25, -0.2) is 0 Å². The van der Waals surface area contributed by atoms with E-state index in [1.165, 1.54) is 12.8 Å². The van der Waals surface area contributed by atoms with E-state index in [4.69, 9.17) is 21.1 Å². The van der Waals surface area contributed by atoms with Crippen molar-refractivity contribution in [2.75, 3.05) is 12.4 Å². The number of nitrogens with one attached hydrogen (secondary N) is 2. The molecule has 0 bridgehead atoms. The highest BCUT2D eigenvalue weighted by atomic mass is 35.5. The number of methoxy groups -OCH3 is 1. The summed E-state index contributed by atoms with van der Waals surface area (Å²) in [6, 6.07) is 12.9. The van der Waals surface area contributed by atoms with E-state index in [-0.39, 0.29) is 12.0 Å². The van der Waals surface area contributed by atoms with E-state index in [0.29, 0.717) is 27.9 Å². The summed E-state index contributed by atoms with van der Waals surface area (Å²) >= 11 is 6.37. The Morgan fingerprint density at radius 2 is 1.93 bits per heavy atom. The maximum Gasteiger partial charge on any atom is 0.273 e. The molecule has 5 nitrogen and oxygen atoms in total. The second kappa shape index (κ2) is 7.53. The van der Waals surface area contributed by atoms with Gasteiger partial charge in [-0.2, -0.15) is 0 Å². The Morgan fingerprint density at radius 1 is 1.15 bits per heavy atom. The van der Waals surface area contributed by atoms with Crippen molar-refractivity contribution in [1.29, 1.82) is 0 Å². The van der Waals surface area contributed by atoms with Gasteiger partial charge in [-0.1, -0.05) is 29.8 Å². The van der Waals surface area contributed by atoms with Gasteiger partial charge in [-0.3, -0.25) is 4.79 Å². The Balaban J connectivity index is 1.57. The molecular formula is C21H21ClN2O3. The van der Waals surface area contributed by atoms with Gasteiger partial charge in [0.05, 0.1) is 18.2 Å². The second-order valence-corrected chi connectivity index (χ2v) is 7.08. The normalized spacial score (nSPS) is 14.4. The molecule has 27 heavy (non-hydrogen) atoms. The van der Waals surface area contributed by atoms with Crippen LogP contribution in [-0.2, 0) is 0 Å². The molecule has 1 aliphatic carbocycles. The number of H-pyrrole nitrogens is 1. The molecule has 3 aromatic rings. The van der Waals surface area contributed by atoms with Crippen molar-refractivity contribution in [2.45, 2.75) is 31.8 Å². The van der Waals surface area contributed by atoms with Gasteiger partial charge >= 0.3 is 0 Å². The molecule has 0 saturated heterocycles. The van der Waals surface area contributed by atoms with Crippen LogP contribution in [0.5, 0.6) is 11.5 Å². The summed E-state index contributed by atoms with van der Waals surface area (Å²) in [5, 5.41) is 4.13. The molecule has 140 valence electrons. The Hall–Kier alpha value is -2.66. The summed E-state index contributed by atoms with van der Waals surface area (Å²) in [7, 11) is 1.61. The average molecular weight is 385 g/mol. The Kier molecular flexibility index (Phi) is 4.94. The topological polar surface area (TPSA) is 63.3 Å². The molecule has 1 fully saturated rings. The predicted molar refractivity (Wildman–Crippen MR) is 107 cm³/mol. The van der Waals surface area contributed by atoms with Crippen LogP contribution < -0.4 is 14.8 Å². The van der Waals surface area contributed by atoms with Crippen LogP contribution in [-0.4, -0.2) is 24.1 Å². The summed E-state index contributed by atoms with van der Waals surface area (Å²) in [6.45, 7) is 0. The van der Waals surface area contributed by atoms with Gasteiger partial charge < -0.3 is 19.8 Å². The van der Waals surface area contributed by atoms with Crippen molar-refractivity contribution >= 4 is 34.1 Å². The van der Waals surface area contributed by atoms with Crippen LogP contribution in [0.1, 0.15) is 36.2 Å². The molecule has 2 aromatic carbocycles. The van der Waals surface area contributed by atoms with Crippen molar-refractivity contribution in [3.05, 3.63) is 53.2 Å². The van der Waals surface area contributed by atoms with Gasteiger partial charge in [-0.05, 0) is 43.9 Å². The molecule has 4 rings (SSSR count). The van der Waals surface area contributed by atoms with E-state index >= 15 is 0 Å². The number of benzene rings is 2. The summed E-state index contributed by atoms with van der Waals surface area (Å²) < 4.78 is 11.5. The molecule has 1 heterocycles. The van der Waals surface area contributed by atoms with Crippen LogP contribution in [0.25, 0.3) is 10.9 Å². The van der Waals surface area contributed by atoms with Crippen molar-refractivity contribution in [1.82, 2.24) is 4.98 Å². The van der Waals surface area contributed by atoms with Crippen molar-refractivity contribution in [3.63, 3.8) is 0 Å². The number of amides is 1. The summed E-state index contributed by atoms with van der Waals surface area (Å²) in [6.07, 6.45) is 4.66. The Morgan fingerprint density at radius 3 is 2.67 bits per heavy atom. The lowest BCUT2D eigenvalue weighted by Crippen LogP contribution is -2.14. The van der Waals surface area contributed by atoms with Gasteiger partial charge in [0.15, 0.2) is 11.5 Å². The number of rotatable bonds is 5. The maximum atomic E-state index is 12.7. The SMILES string of the molecule is COc1ccc(NC(=O)c2[nH]c3ccccc3c2Cl)cc1OC1CCCC1. The standard InChI is InChI=1S/C21H21ClN2O3/c1-26-17-11-10-13(12-18(17)27-14-6-2-3-7-14)23-21(25)20-19(22)15-8-4-5-9-16(15)24-20/h4-5,8-12,14,24H,2-3,6-7H2,1H3,(H,23,25). The number of aromatic amines is 1. The third-order valence-electron chi connectivity index (χ3n) is 4.89. The lowest BCUT2D eigenvalue weighted by molar-refractivity contribution is 0.102. The fourth-order valence-electron chi connectivity index (χ4n) is 3.49. The van der Waals surface area contributed by atoms with Crippen LogP contribution in [0.2, 0.25) is 5.02 Å². The lowest BCUT2D eigenvalue weighted by atomic mass is 10.2. The second-order valence-electron chi connectivity index (χ2n) is 6.70. The number of aromatic nitrogens is 1. The Bertz CT molecular complexity index is 977. The van der Waals surface area contributed by atoms with E-state index < -0.39 is 0 Å². The summed E-state index contributed by atoms with van der Waals surface area (Å²) in [4.78, 5) is 15.8. The van der Waals surface area contributed by atoms with Crippen LogP contribution in [0, 0.1) is 0 Å². The van der Waals surface area contributed by atoms with Gasteiger partial charge in [0.1, 0.15) is 5.69 Å². The predicted octanol–water partition coefficient (Wildman–Crippen LogP) is 5.40. The zero-order chi connectivity index (χ0) is 18.8. The smallest absolute Gasteiger partial charge is 0.273 e. The quantitative estimate of drug-likeness (QED) is 0.618. The number of carbonyl (C=O) groups excluding carboxylic acids is 1. The molecule has 1 aromatic heterocycles. The minimum Gasteiger partial charge on any atom is -0.493 e. The van der Waals surface area contributed by atoms with E-state index in [1.807, 2.05) is 24.3 Å². The average Bonchev–Trinajstić information content (AvgIpc) is 3.30. The first kappa shape index (κ1) is 17.7. The molecule has 1 aliphatic rings. The fraction of sp³-hybridized carbons (Fsp3) is 0.286. The molecule has 0 spiro atoms. The van der Waals surface area contributed by atoms with Crippen molar-refractivity contribution < 1.29 is 14.3 Å². The molecular weight excluding hydrogens is 364 g/mol. The highest BCUT2D eigenvalue weighted by molar-refractivity contribution is 6.39. The van der Waals surface area contributed by atoms with E-state index in [9.17, 15) is 4.79 Å². The largest absolute Gasteiger partial charge is 0.493 e. The minimum atomic E-state index is -0.298. The number of para-hydroxylation sites is 1. The van der Waals surface area contributed by atoms with E-state index in [0.717, 1.165) is 23.7 Å². The fourth-order valence-corrected chi connectivity index (χ4v) is 3.79. The number of halogens is 1. The maximum absolute atomic E-state index is 12.7. The third kappa shape index (κ3) is 3.60. The molecule has 0 aliphatic heterocycles. The third-order valence-corrected chi connectivity index (χ3v) is 5.28. The zero-order valence-corrected chi connectivity index (χ0v) is 15.8. The first-order chi connectivity index (χ1) is 13.2. The number of hydrogen-bond donors (Lipinski definition) is 2. The molecule has 1 amide bonds. The monoisotopic (exact) mass is 384 g/mol. The zero-order valence-electron chi connectivity index (χ0n) is 15.0. The summed E-state index contributed by atoms with van der Waals surface area (Å²) in [5.74, 6) is 1.00. The number of hydrogen-bond acceptors (Lipinski definition) is 3. The van der Waals surface area contributed by atoms with E-state index in [2.05, 4.69) is 10.3 Å². The number of carbonyl (C=O) groups is 1. The van der Waals surface area contributed by atoms with Crippen LogP contribution in [0.3, 0.4) is 0 Å². The molecule has 1 saturated carbocycles. The van der Waals surface area contributed by atoms with Gasteiger partial charge in [0.25, 0.3) is 5.91 Å². The summed E-state index contributed by atoms with van der Waals surface area (Å²) in [5.41, 5.74) is 1.79. The van der Waals surface area contributed by atoms with Gasteiger partial charge in [0.2, 0.25) is 0 Å². The van der Waals surface area contributed by atoms with Crippen molar-refractivity contribution in [2.24, 2.45) is 0 Å². The van der Waals surface area contributed by atoms with Crippen molar-refractivity contribution in [3.8, 4) is 11.5 Å². The van der Waals surface area contributed by atoms with Crippen LogP contribution in [0.4, 0.5) is 5.69 Å². The molecule has 0 atom stereocenters. The van der Waals surface area contributed by atoms with Gasteiger partial charge in [0, 0.05) is 22.7 Å². The number of anilines is 1. The first-order valence-corrected chi connectivity index (χ1v) is 9.46. The molecule has 6 heteroatoms. The van der Waals surface area contributed by atoms with Crippen LogP contribution in [0.15, 0.2) is 42.5 Å². The first-order valence-electron chi connectivity index (χ1n) is 9.08. The minimum absolute atomic E-state index is 0.202. The molecule has 0 unspecified atom stereocenters. The van der Waals surface area contributed by atoms with Gasteiger partial charge in [-0.15, -0.1) is 0 Å². The Labute approximate surface area is 162 Å².